The molecule has 0 spiro atoms. The molecule has 94 valence electrons. The first-order chi connectivity index (χ1) is 9.24. The molecule has 0 aliphatic rings. The number of H-pyrrole nitrogens is 1. The van der Waals surface area contributed by atoms with Crippen molar-refractivity contribution in [2.75, 3.05) is 0 Å². The highest BCUT2D eigenvalue weighted by Gasteiger charge is 2.12. The minimum absolute atomic E-state index is 0.318. The summed E-state index contributed by atoms with van der Waals surface area (Å²) in [5.41, 5.74) is 1.34. The van der Waals surface area contributed by atoms with Gasteiger partial charge in [-0.15, -0.1) is 0 Å². The molecular weight excluding hydrogens is 245 g/mol. The first-order valence-electron chi connectivity index (χ1n) is 5.78. The van der Waals surface area contributed by atoms with E-state index in [0.29, 0.717) is 11.3 Å². The first kappa shape index (κ1) is 11.5. The maximum Gasteiger partial charge on any atom is 0.344 e. The Morgan fingerprint density at radius 1 is 1.05 bits per heavy atom. The smallest absolute Gasteiger partial charge is 0.344 e. The fourth-order valence-electron chi connectivity index (χ4n) is 1.93. The third-order valence-corrected chi connectivity index (χ3v) is 2.84. The van der Waals surface area contributed by atoms with Gasteiger partial charge < -0.3 is 9.72 Å². The van der Waals surface area contributed by atoms with E-state index in [4.69, 9.17) is 4.74 Å². The van der Waals surface area contributed by atoms with Crippen LogP contribution in [0.5, 0.6) is 5.75 Å². The molecule has 0 saturated carbocycles. The topological polar surface area (TPSA) is 42.1 Å². The highest BCUT2D eigenvalue weighted by Crippen LogP contribution is 2.20. The number of hydrogen-bond donors (Lipinski definition) is 1. The Morgan fingerprint density at radius 2 is 1.84 bits per heavy atom. The molecule has 0 unspecified atom stereocenters. The molecule has 0 amide bonds. The Bertz CT molecular complexity index is 731. The van der Waals surface area contributed by atoms with Crippen LogP contribution in [0.3, 0.4) is 0 Å². The van der Waals surface area contributed by atoms with E-state index in [2.05, 4.69) is 4.98 Å². The standard InChI is InChI=1S/C15H10FNO2/c16-10-4-6-11(7-5-10)19-15(18)13-2-1-3-14-12(13)8-9-17-14/h1-9,17H. The first-order valence-corrected chi connectivity index (χ1v) is 5.78. The average Bonchev–Trinajstić information content (AvgIpc) is 2.89. The van der Waals surface area contributed by atoms with Crippen LogP contribution in [0.15, 0.2) is 54.7 Å². The molecule has 0 atom stereocenters. The van der Waals surface area contributed by atoms with E-state index >= 15 is 0 Å². The van der Waals surface area contributed by atoms with Gasteiger partial charge in [0.05, 0.1) is 5.56 Å². The van der Waals surface area contributed by atoms with E-state index < -0.39 is 5.97 Å². The normalized spacial score (nSPS) is 10.6. The molecule has 0 aliphatic carbocycles. The second-order valence-corrected chi connectivity index (χ2v) is 4.09. The minimum Gasteiger partial charge on any atom is -0.423 e. The van der Waals surface area contributed by atoms with Gasteiger partial charge in [-0.2, -0.15) is 0 Å². The van der Waals surface area contributed by atoms with E-state index in [-0.39, 0.29) is 5.82 Å². The van der Waals surface area contributed by atoms with Crippen molar-refractivity contribution in [2.24, 2.45) is 0 Å². The molecule has 2 aromatic carbocycles. The molecule has 3 aromatic rings. The maximum atomic E-state index is 12.8. The van der Waals surface area contributed by atoms with E-state index in [1.165, 1.54) is 24.3 Å². The van der Waals surface area contributed by atoms with Crippen molar-refractivity contribution in [3.8, 4) is 5.75 Å². The summed E-state index contributed by atoms with van der Waals surface area (Å²) in [6.07, 6.45) is 1.76. The van der Waals surface area contributed by atoms with Gasteiger partial charge in [0.2, 0.25) is 0 Å². The fourth-order valence-corrected chi connectivity index (χ4v) is 1.93. The van der Waals surface area contributed by atoms with Crippen LogP contribution in [0.25, 0.3) is 10.9 Å². The number of esters is 1. The lowest BCUT2D eigenvalue weighted by molar-refractivity contribution is 0.0736. The average molecular weight is 255 g/mol. The molecule has 3 nitrogen and oxygen atoms in total. The van der Waals surface area contributed by atoms with Gasteiger partial charge in [-0.1, -0.05) is 6.07 Å². The van der Waals surface area contributed by atoms with Crippen LogP contribution < -0.4 is 4.74 Å². The number of halogens is 1. The summed E-state index contributed by atoms with van der Waals surface area (Å²) < 4.78 is 18.0. The number of aromatic nitrogens is 1. The van der Waals surface area contributed by atoms with Crippen LogP contribution >= 0.6 is 0 Å². The molecule has 0 fully saturated rings. The van der Waals surface area contributed by atoms with Gasteiger partial charge >= 0.3 is 5.97 Å². The van der Waals surface area contributed by atoms with Crippen molar-refractivity contribution >= 4 is 16.9 Å². The van der Waals surface area contributed by atoms with Crippen molar-refractivity contribution in [3.63, 3.8) is 0 Å². The number of benzene rings is 2. The molecule has 3 rings (SSSR count). The van der Waals surface area contributed by atoms with Crippen LogP contribution in [-0.2, 0) is 0 Å². The van der Waals surface area contributed by atoms with Crippen molar-refractivity contribution in [1.82, 2.24) is 4.98 Å². The number of nitrogens with one attached hydrogen (secondary N) is 1. The lowest BCUT2D eigenvalue weighted by atomic mass is 10.1. The predicted octanol–water partition coefficient (Wildman–Crippen LogP) is 3.53. The van der Waals surface area contributed by atoms with E-state index in [1.807, 2.05) is 12.1 Å². The van der Waals surface area contributed by atoms with Gasteiger partial charge in [0, 0.05) is 17.1 Å². The summed E-state index contributed by atoms with van der Waals surface area (Å²) in [6, 6.07) is 12.5. The summed E-state index contributed by atoms with van der Waals surface area (Å²) in [7, 11) is 0. The van der Waals surface area contributed by atoms with Crippen LogP contribution in [0.1, 0.15) is 10.4 Å². The molecule has 19 heavy (non-hydrogen) atoms. The number of hydrogen-bond acceptors (Lipinski definition) is 2. The number of rotatable bonds is 2. The van der Waals surface area contributed by atoms with Crippen LogP contribution in [0.4, 0.5) is 4.39 Å². The lowest BCUT2D eigenvalue weighted by Gasteiger charge is -2.05. The molecule has 0 bridgehead atoms. The minimum atomic E-state index is -0.461. The fraction of sp³-hybridized carbons (Fsp3) is 0. The van der Waals surface area contributed by atoms with Crippen molar-refractivity contribution in [3.05, 3.63) is 66.1 Å². The number of ether oxygens (including phenoxy) is 1. The van der Waals surface area contributed by atoms with Crippen LogP contribution in [-0.4, -0.2) is 11.0 Å². The number of aromatic amines is 1. The molecule has 1 aromatic heterocycles. The van der Waals surface area contributed by atoms with Gasteiger partial charge in [0.1, 0.15) is 11.6 Å². The molecule has 1 N–H and O–H groups in total. The molecule has 1 heterocycles. The highest BCUT2D eigenvalue weighted by atomic mass is 19.1. The van der Waals surface area contributed by atoms with Crippen LogP contribution in [0.2, 0.25) is 0 Å². The molecule has 0 radical (unpaired) electrons. The van der Waals surface area contributed by atoms with Crippen molar-refractivity contribution in [2.45, 2.75) is 0 Å². The van der Waals surface area contributed by atoms with Crippen molar-refractivity contribution in [1.29, 1.82) is 0 Å². The zero-order valence-corrected chi connectivity index (χ0v) is 9.89. The van der Waals surface area contributed by atoms with E-state index in [9.17, 15) is 9.18 Å². The number of carbonyl (C=O) groups is 1. The summed E-state index contributed by atoms with van der Waals surface area (Å²) in [5.74, 6) is -0.511. The van der Waals surface area contributed by atoms with E-state index in [1.54, 1.807) is 18.3 Å². The zero-order chi connectivity index (χ0) is 13.2. The quantitative estimate of drug-likeness (QED) is 0.562. The van der Waals surface area contributed by atoms with Gasteiger partial charge in [-0.3, -0.25) is 0 Å². The molecule has 4 heteroatoms. The maximum absolute atomic E-state index is 12.8. The monoisotopic (exact) mass is 255 g/mol. The lowest BCUT2D eigenvalue weighted by Crippen LogP contribution is -2.08. The summed E-state index contributed by atoms with van der Waals surface area (Å²) in [4.78, 5) is 15.1. The molecular formula is C15H10FNO2. The third kappa shape index (κ3) is 2.20. The van der Waals surface area contributed by atoms with Gasteiger partial charge in [0.15, 0.2) is 0 Å². The van der Waals surface area contributed by atoms with Crippen LogP contribution in [0, 0.1) is 5.82 Å². The van der Waals surface area contributed by atoms with Gasteiger partial charge in [-0.05, 0) is 42.5 Å². The Labute approximate surface area is 108 Å². The Hall–Kier alpha value is -2.62. The zero-order valence-electron chi connectivity index (χ0n) is 9.89. The summed E-state index contributed by atoms with van der Waals surface area (Å²) in [5, 5.41) is 0.801. The highest BCUT2D eigenvalue weighted by molar-refractivity contribution is 6.04. The molecule has 0 saturated heterocycles. The molecule has 0 aliphatic heterocycles. The second kappa shape index (κ2) is 4.57. The third-order valence-electron chi connectivity index (χ3n) is 2.84. The summed E-state index contributed by atoms with van der Waals surface area (Å²) >= 11 is 0. The Balaban J connectivity index is 1.92. The van der Waals surface area contributed by atoms with E-state index in [0.717, 1.165) is 10.9 Å². The largest absolute Gasteiger partial charge is 0.423 e. The SMILES string of the molecule is O=C(Oc1ccc(F)cc1)c1cccc2[nH]ccc12. The Morgan fingerprint density at radius 3 is 2.63 bits per heavy atom. The summed E-state index contributed by atoms with van der Waals surface area (Å²) in [6.45, 7) is 0. The van der Waals surface area contributed by atoms with Gasteiger partial charge in [0.25, 0.3) is 0 Å². The second-order valence-electron chi connectivity index (χ2n) is 4.09. The predicted molar refractivity (Wildman–Crippen MR) is 69.7 cm³/mol. The Kier molecular flexibility index (Phi) is 2.76. The van der Waals surface area contributed by atoms with Gasteiger partial charge in [-0.25, -0.2) is 9.18 Å². The number of fused-ring (bicyclic) bond motifs is 1. The number of carbonyl (C=O) groups excluding carboxylic acids is 1. The van der Waals surface area contributed by atoms with Crippen molar-refractivity contribution < 1.29 is 13.9 Å².